The van der Waals surface area contributed by atoms with Gasteiger partial charge in [-0.3, -0.25) is 0 Å². The summed E-state index contributed by atoms with van der Waals surface area (Å²) in [6, 6.07) is 2.69. The molecule has 0 radical (unpaired) electrons. The number of likely N-dealkylation sites (tertiary alicyclic amines) is 1. The molecule has 0 unspecified atom stereocenters. The molecule has 2 amide bonds. The van der Waals surface area contributed by atoms with Crippen LogP contribution < -0.4 is 0 Å². The second-order valence-corrected chi connectivity index (χ2v) is 5.53. The fraction of sp³-hybridized carbons (Fsp3) is 0.857. The molecule has 0 saturated carbocycles. The molecule has 5 nitrogen and oxygen atoms in total. The van der Waals surface area contributed by atoms with E-state index in [1.54, 1.807) is 0 Å². The third-order valence-electron chi connectivity index (χ3n) is 4.31. The maximum absolute atomic E-state index is 12.4. The quantitative estimate of drug-likeness (QED) is 0.765. The summed E-state index contributed by atoms with van der Waals surface area (Å²) in [6.45, 7) is 3.09. The molecule has 2 rings (SSSR count). The zero-order chi connectivity index (χ0) is 13.7. The maximum Gasteiger partial charge on any atom is 0.319 e. The van der Waals surface area contributed by atoms with E-state index in [9.17, 15) is 4.79 Å². The molecule has 19 heavy (non-hydrogen) atoms. The van der Waals surface area contributed by atoms with Crippen LogP contribution in [-0.2, 0) is 4.74 Å². The first kappa shape index (κ1) is 14.1. The average molecular weight is 265 g/mol. The second kappa shape index (κ2) is 6.76. The molecule has 2 heterocycles. The van der Waals surface area contributed by atoms with E-state index in [1.807, 2.05) is 16.8 Å². The smallest absolute Gasteiger partial charge is 0.319 e. The Morgan fingerprint density at radius 2 is 1.95 bits per heavy atom. The zero-order valence-corrected chi connectivity index (χ0v) is 11.7. The van der Waals surface area contributed by atoms with Gasteiger partial charge in [-0.1, -0.05) is 0 Å². The van der Waals surface area contributed by atoms with Crippen LogP contribution in [0, 0.1) is 17.2 Å². The minimum Gasteiger partial charge on any atom is -0.381 e. The Kier molecular flexibility index (Phi) is 5.03. The van der Waals surface area contributed by atoms with Crippen molar-refractivity contribution < 1.29 is 9.53 Å². The first-order valence-electron chi connectivity index (χ1n) is 7.18. The van der Waals surface area contributed by atoms with E-state index >= 15 is 0 Å². The van der Waals surface area contributed by atoms with Crippen LogP contribution in [0.15, 0.2) is 0 Å². The van der Waals surface area contributed by atoms with Gasteiger partial charge in [0.1, 0.15) is 0 Å². The number of piperidine rings is 1. The van der Waals surface area contributed by atoms with Crippen LogP contribution in [0.3, 0.4) is 0 Å². The number of nitriles is 1. The van der Waals surface area contributed by atoms with Crippen molar-refractivity contribution in [2.75, 3.05) is 33.4 Å². The van der Waals surface area contributed by atoms with E-state index in [0.29, 0.717) is 18.4 Å². The number of carbonyl (C=O) groups is 1. The summed E-state index contributed by atoms with van der Waals surface area (Å²) in [4.78, 5) is 16.2. The highest BCUT2D eigenvalue weighted by Gasteiger charge is 2.28. The first-order chi connectivity index (χ1) is 9.22. The maximum atomic E-state index is 12.4. The van der Waals surface area contributed by atoms with Crippen molar-refractivity contribution in [2.45, 2.75) is 38.1 Å². The normalized spacial score (nSPS) is 22.0. The number of rotatable bonds is 2. The Labute approximate surface area is 115 Å². The molecule has 0 N–H and O–H groups in total. The van der Waals surface area contributed by atoms with Crippen molar-refractivity contribution in [1.29, 1.82) is 5.26 Å². The summed E-state index contributed by atoms with van der Waals surface area (Å²) in [7, 11) is 1.90. The zero-order valence-electron chi connectivity index (χ0n) is 11.7. The lowest BCUT2D eigenvalue weighted by Gasteiger charge is -2.38. The van der Waals surface area contributed by atoms with Gasteiger partial charge in [-0.2, -0.15) is 5.26 Å². The Hall–Kier alpha value is -1.28. The summed E-state index contributed by atoms with van der Waals surface area (Å²) in [5.74, 6) is 0.474. The summed E-state index contributed by atoms with van der Waals surface area (Å²) in [5, 5.41) is 8.70. The number of carbonyl (C=O) groups excluding carboxylic acids is 1. The lowest BCUT2D eigenvalue weighted by atomic mass is 9.94. The minimum atomic E-state index is 0.141. The van der Waals surface area contributed by atoms with Crippen molar-refractivity contribution in [2.24, 2.45) is 5.92 Å². The minimum absolute atomic E-state index is 0.141. The molecule has 0 atom stereocenters. The lowest BCUT2D eigenvalue weighted by molar-refractivity contribution is 0.0443. The number of ether oxygens (including phenoxy) is 1. The summed E-state index contributed by atoms with van der Waals surface area (Å²) >= 11 is 0. The van der Waals surface area contributed by atoms with Crippen molar-refractivity contribution >= 4 is 6.03 Å². The monoisotopic (exact) mass is 265 g/mol. The Morgan fingerprint density at radius 3 is 2.53 bits per heavy atom. The van der Waals surface area contributed by atoms with E-state index in [1.165, 1.54) is 0 Å². The number of nitrogens with zero attached hydrogens (tertiary/aromatic N) is 3. The van der Waals surface area contributed by atoms with Gasteiger partial charge < -0.3 is 14.5 Å². The largest absolute Gasteiger partial charge is 0.381 e. The van der Waals surface area contributed by atoms with Crippen LogP contribution >= 0.6 is 0 Å². The number of hydrogen-bond acceptors (Lipinski definition) is 3. The third kappa shape index (κ3) is 3.60. The SMILES string of the molecule is CN(C(=O)N1CCC(CC#N)CC1)C1CCOCC1. The molecule has 0 aliphatic carbocycles. The van der Waals surface area contributed by atoms with Gasteiger partial charge in [-0.05, 0) is 31.6 Å². The molecule has 106 valence electrons. The van der Waals surface area contributed by atoms with Gasteiger partial charge in [0, 0.05) is 45.8 Å². The second-order valence-electron chi connectivity index (χ2n) is 5.53. The van der Waals surface area contributed by atoms with Crippen LogP contribution in [0.2, 0.25) is 0 Å². The van der Waals surface area contributed by atoms with Crippen molar-refractivity contribution in [1.82, 2.24) is 9.80 Å². The van der Waals surface area contributed by atoms with E-state index in [-0.39, 0.29) is 6.03 Å². The van der Waals surface area contributed by atoms with Crippen LogP contribution in [0.5, 0.6) is 0 Å². The highest BCUT2D eigenvalue weighted by atomic mass is 16.5. The van der Waals surface area contributed by atoms with Crippen LogP contribution in [0.4, 0.5) is 4.79 Å². The van der Waals surface area contributed by atoms with Crippen molar-refractivity contribution in [3.63, 3.8) is 0 Å². The molecule has 0 aromatic carbocycles. The summed E-state index contributed by atoms with van der Waals surface area (Å²) in [6.07, 6.45) is 4.42. The molecular weight excluding hydrogens is 242 g/mol. The van der Waals surface area contributed by atoms with Gasteiger partial charge in [-0.15, -0.1) is 0 Å². The van der Waals surface area contributed by atoms with Gasteiger partial charge in [-0.25, -0.2) is 4.79 Å². The standard InChI is InChI=1S/C14H23N3O2/c1-16(13-5-10-19-11-6-13)14(18)17-8-3-12(2-7-15)4-9-17/h12-13H,2-6,8-11H2,1H3. The van der Waals surface area contributed by atoms with Crippen molar-refractivity contribution in [3.8, 4) is 6.07 Å². The third-order valence-corrected chi connectivity index (χ3v) is 4.31. The fourth-order valence-electron chi connectivity index (χ4n) is 2.91. The predicted octanol–water partition coefficient (Wildman–Crippen LogP) is 1.84. The molecule has 2 saturated heterocycles. The van der Waals surface area contributed by atoms with Gasteiger partial charge in [0.2, 0.25) is 0 Å². The Balaban J connectivity index is 1.81. The summed E-state index contributed by atoms with van der Waals surface area (Å²) in [5.41, 5.74) is 0. The number of hydrogen-bond donors (Lipinski definition) is 0. The van der Waals surface area contributed by atoms with Crippen LogP contribution in [0.25, 0.3) is 0 Å². The predicted molar refractivity (Wildman–Crippen MR) is 71.5 cm³/mol. The molecule has 0 aromatic heterocycles. The molecule has 0 aromatic rings. The van der Waals surface area contributed by atoms with Crippen molar-refractivity contribution in [3.05, 3.63) is 0 Å². The lowest BCUT2D eigenvalue weighted by Crippen LogP contribution is -2.50. The first-order valence-corrected chi connectivity index (χ1v) is 7.18. The van der Waals surface area contributed by atoms with Gasteiger partial charge in [0.15, 0.2) is 0 Å². The number of amides is 2. The molecule has 2 aliphatic heterocycles. The summed E-state index contributed by atoms with van der Waals surface area (Å²) < 4.78 is 5.33. The van der Waals surface area contributed by atoms with Gasteiger partial charge >= 0.3 is 6.03 Å². The van der Waals surface area contributed by atoms with E-state index in [4.69, 9.17) is 10.00 Å². The van der Waals surface area contributed by atoms with E-state index in [0.717, 1.165) is 52.0 Å². The molecular formula is C14H23N3O2. The van der Waals surface area contributed by atoms with E-state index in [2.05, 4.69) is 6.07 Å². The van der Waals surface area contributed by atoms with Crippen LogP contribution in [0.1, 0.15) is 32.1 Å². The molecule has 2 fully saturated rings. The molecule has 0 spiro atoms. The fourth-order valence-corrected chi connectivity index (χ4v) is 2.91. The Morgan fingerprint density at radius 1 is 1.32 bits per heavy atom. The molecule has 2 aliphatic rings. The highest BCUT2D eigenvalue weighted by Crippen LogP contribution is 2.22. The number of urea groups is 1. The van der Waals surface area contributed by atoms with Gasteiger partial charge in [0.05, 0.1) is 6.07 Å². The van der Waals surface area contributed by atoms with Crippen LogP contribution in [-0.4, -0.2) is 55.2 Å². The highest BCUT2D eigenvalue weighted by molar-refractivity contribution is 5.74. The Bertz CT molecular complexity index is 339. The average Bonchev–Trinajstić information content (AvgIpc) is 2.48. The topological polar surface area (TPSA) is 56.6 Å². The molecule has 5 heteroatoms. The molecule has 0 bridgehead atoms. The van der Waals surface area contributed by atoms with Gasteiger partial charge in [0.25, 0.3) is 0 Å². The van der Waals surface area contributed by atoms with E-state index < -0.39 is 0 Å².